The Hall–Kier alpha value is -1.58. The number of amides is 2. The maximum Gasteiger partial charge on any atom is 0.322 e. The smallest absolute Gasteiger partial charge is 0.322 e. The van der Waals surface area contributed by atoms with Gasteiger partial charge in [-0.05, 0) is 50.3 Å². The summed E-state index contributed by atoms with van der Waals surface area (Å²) in [7, 11) is 0. The lowest BCUT2D eigenvalue weighted by atomic mass is 10.0. The molecule has 1 atom stereocenters. The third-order valence-corrected chi connectivity index (χ3v) is 3.78. The van der Waals surface area contributed by atoms with Crippen LogP contribution in [-0.4, -0.2) is 23.5 Å². The Bertz CT molecular complexity index is 461. The molecule has 0 bridgehead atoms. The molecule has 1 aliphatic heterocycles. The van der Waals surface area contributed by atoms with Crippen LogP contribution in [-0.2, 0) is 0 Å². The van der Waals surface area contributed by atoms with Gasteiger partial charge in [0.25, 0.3) is 0 Å². The molecule has 1 aromatic carbocycles. The van der Waals surface area contributed by atoms with Crippen LogP contribution in [0.1, 0.15) is 38.2 Å². The average Bonchev–Trinajstić information content (AvgIpc) is 2.43. The molecule has 0 aliphatic carbocycles. The fourth-order valence-electron chi connectivity index (χ4n) is 2.56. The van der Waals surface area contributed by atoms with Crippen molar-refractivity contribution in [2.75, 3.05) is 11.9 Å². The van der Waals surface area contributed by atoms with Crippen LogP contribution < -0.4 is 5.32 Å². The number of aryl methyl sites for hydroxylation is 1. The third-order valence-electron chi connectivity index (χ3n) is 3.78. The first-order valence-electron chi connectivity index (χ1n) is 6.95. The minimum atomic E-state index is -0.288. The maximum atomic E-state index is 13.4. The number of hydrogen-bond donors (Lipinski definition) is 1. The van der Waals surface area contributed by atoms with Gasteiger partial charge in [-0.1, -0.05) is 13.0 Å². The number of halogens is 1. The van der Waals surface area contributed by atoms with Crippen LogP contribution in [0.4, 0.5) is 14.9 Å². The Kier molecular flexibility index (Phi) is 4.40. The highest BCUT2D eigenvalue weighted by Crippen LogP contribution is 2.21. The monoisotopic (exact) mass is 264 g/mol. The maximum absolute atomic E-state index is 13.4. The SMILES string of the molecule is CC[C@@H]1CCCCN1C(=O)Nc1ccc(C)c(F)c1. The molecule has 0 aromatic heterocycles. The lowest BCUT2D eigenvalue weighted by Gasteiger charge is -2.35. The number of likely N-dealkylation sites (tertiary alicyclic amines) is 1. The molecule has 104 valence electrons. The number of benzene rings is 1. The highest BCUT2D eigenvalue weighted by atomic mass is 19.1. The minimum absolute atomic E-state index is 0.116. The van der Waals surface area contributed by atoms with E-state index in [1.807, 2.05) is 4.90 Å². The Balaban J connectivity index is 2.05. The van der Waals surface area contributed by atoms with Crippen molar-refractivity contribution in [3.63, 3.8) is 0 Å². The van der Waals surface area contributed by atoms with E-state index in [0.717, 1.165) is 25.8 Å². The highest BCUT2D eigenvalue weighted by molar-refractivity contribution is 5.89. The first-order chi connectivity index (χ1) is 9.11. The summed E-state index contributed by atoms with van der Waals surface area (Å²) in [6, 6.07) is 4.98. The molecule has 1 fully saturated rings. The molecule has 2 amide bonds. The van der Waals surface area contributed by atoms with Crippen molar-refractivity contribution >= 4 is 11.7 Å². The lowest BCUT2D eigenvalue weighted by Crippen LogP contribution is -2.45. The van der Waals surface area contributed by atoms with Crippen LogP contribution >= 0.6 is 0 Å². The lowest BCUT2D eigenvalue weighted by molar-refractivity contribution is 0.160. The second kappa shape index (κ2) is 6.04. The van der Waals surface area contributed by atoms with E-state index in [1.165, 1.54) is 12.5 Å². The number of nitrogens with zero attached hydrogens (tertiary/aromatic N) is 1. The van der Waals surface area contributed by atoms with E-state index in [0.29, 0.717) is 17.3 Å². The van der Waals surface area contributed by atoms with Gasteiger partial charge in [-0.25, -0.2) is 9.18 Å². The van der Waals surface area contributed by atoms with Crippen LogP contribution in [0.15, 0.2) is 18.2 Å². The standard InChI is InChI=1S/C15H21FN2O/c1-3-13-6-4-5-9-18(13)15(19)17-12-8-7-11(2)14(16)10-12/h7-8,10,13H,3-6,9H2,1-2H3,(H,17,19)/t13-/m1/s1. The quantitative estimate of drug-likeness (QED) is 0.862. The average molecular weight is 264 g/mol. The largest absolute Gasteiger partial charge is 0.322 e. The van der Waals surface area contributed by atoms with Crippen molar-refractivity contribution in [1.82, 2.24) is 4.90 Å². The topological polar surface area (TPSA) is 32.3 Å². The molecule has 4 heteroatoms. The number of urea groups is 1. The molecule has 0 spiro atoms. The molecule has 0 saturated carbocycles. The number of rotatable bonds is 2. The second-order valence-electron chi connectivity index (χ2n) is 5.15. The Morgan fingerprint density at radius 3 is 2.95 bits per heavy atom. The zero-order valence-electron chi connectivity index (χ0n) is 11.6. The molecule has 1 N–H and O–H groups in total. The van der Waals surface area contributed by atoms with E-state index in [4.69, 9.17) is 0 Å². The summed E-state index contributed by atoms with van der Waals surface area (Å²) in [6.45, 7) is 4.60. The molecule has 0 unspecified atom stereocenters. The summed E-state index contributed by atoms with van der Waals surface area (Å²) in [5.41, 5.74) is 1.11. The van der Waals surface area contributed by atoms with Crippen LogP contribution in [0.3, 0.4) is 0 Å². The zero-order chi connectivity index (χ0) is 13.8. The van der Waals surface area contributed by atoms with Gasteiger partial charge >= 0.3 is 6.03 Å². The third kappa shape index (κ3) is 3.25. The molecule has 0 radical (unpaired) electrons. The summed E-state index contributed by atoms with van der Waals surface area (Å²) in [6.07, 6.45) is 4.26. The van der Waals surface area contributed by atoms with E-state index in [9.17, 15) is 9.18 Å². The molecule has 1 aromatic rings. The molecule has 1 heterocycles. The fraction of sp³-hybridized carbons (Fsp3) is 0.533. The van der Waals surface area contributed by atoms with Crippen molar-refractivity contribution in [3.05, 3.63) is 29.6 Å². The predicted molar refractivity (Wildman–Crippen MR) is 74.8 cm³/mol. The first kappa shape index (κ1) is 13.8. The minimum Gasteiger partial charge on any atom is -0.322 e. The van der Waals surface area contributed by atoms with Crippen LogP contribution in [0.2, 0.25) is 0 Å². The van der Waals surface area contributed by atoms with Gasteiger partial charge in [0.2, 0.25) is 0 Å². The van der Waals surface area contributed by atoms with Gasteiger partial charge in [0, 0.05) is 18.3 Å². The number of nitrogens with one attached hydrogen (secondary N) is 1. The van der Waals surface area contributed by atoms with E-state index in [-0.39, 0.29) is 11.8 Å². The number of carbonyl (C=O) groups is 1. The van der Waals surface area contributed by atoms with Gasteiger partial charge in [-0.3, -0.25) is 0 Å². The Labute approximate surface area is 113 Å². The van der Waals surface area contributed by atoms with E-state index in [1.54, 1.807) is 19.1 Å². The Morgan fingerprint density at radius 1 is 1.47 bits per heavy atom. The van der Waals surface area contributed by atoms with Gasteiger partial charge in [-0.15, -0.1) is 0 Å². The number of hydrogen-bond acceptors (Lipinski definition) is 1. The molecule has 1 aliphatic rings. The van der Waals surface area contributed by atoms with Crippen molar-refractivity contribution < 1.29 is 9.18 Å². The van der Waals surface area contributed by atoms with Gasteiger partial charge in [0.15, 0.2) is 0 Å². The summed E-state index contributed by atoms with van der Waals surface area (Å²) in [5, 5.41) is 2.79. The van der Waals surface area contributed by atoms with E-state index < -0.39 is 0 Å². The fourth-order valence-corrected chi connectivity index (χ4v) is 2.56. The summed E-state index contributed by atoms with van der Waals surface area (Å²) in [4.78, 5) is 14.1. The van der Waals surface area contributed by atoms with Crippen molar-refractivity contribution in [2.24, 2.45) is 0 Å². The number of anilines is 1. The molecular weight excluding hydrogens is 243 g/mol. The van der Waals surface area contributed by atoms with Gasteiger partial charge < -0.3 is 10.2 Å². The molecule has 2 rings (SSSR count). The van der Waals surface area contributed by atoms with E-state index >= 15 is 0 Å². The van der Waals surface area contributed by atoms with Crippen LogP contribution in [0, 0.1) is 12.7 Å². The first-order valence-corrected chi connectivity index (χ1v) is 6.95. The van der Waals surface area contributed by atoms with Gasteiger partial charge in [-0.2, -0.15) is 0 Å². The highest BCUT2D eigenvalue weighted by Gasteiger charge is 2.25. The van der Waals surface area contributed by atoms with Gasteiger partial charge in [0.05, 0.1) is 0 Å². The van der Waals surface area contributed by atoms with E-state index in [2.05, 4.69) is 12.2 Å². The number of piperidine rings is 1. The molecule has 19 heavy (non-hydrogen) atoms. The van der Waals surface area contributed by atoms with Crippen molar-refractivity contribution in [1.29, 1.82) is 0 Å². The normalized spacial score (nSPS) is 19.3. The van der Waals surface area contributed by atoms with Gasteiger partial charge in [0.1, 0.15) is 5.82 Å². The number of carbonyl (C=O) groups excluding carboxylic acids is 1. The second-order valence-corrected chi connectivity index (χ2v) is 5.15. The summed E-state index contributed by atoms with van der Waals surface area (Å²) < 4.78 is 13.4. The summed E-state index contributed by atoms with van der Waals surface area (Å²) in [5.74, 6) is -0.288. The van der Waals surface area contributed by atoms with Crippen LogP contribution in [0.25, 0.3) is 0 Å². The predicted octanol–water partition coefficient (Wildman–Crippen LogP) is 3.93. The molecule has 1 saturated heterocycles. The van der Waals surface area contributed by atoms with Crippen molar-refractivity contribution in [2.45, 2.75) is 45.6 Å². The zero-order valence-corrected chi connectivity index (χ0v) is 11.6. The molecular formula is C15H21FN2O. The van der Waals surface area contributed by atoms with Crippen LogP contribution in [0.5, 0.6) is 0 Å². The molecule has 3 nitrogen and oxygen atoms in total. The summed E-state index contributed by atoms with van der Waals surface area (Å²) >= 11 is 0. The van der Waals surface area contributed by atoms with Crippen molar-refractivity contribution in [3.8, 4) is 0 Å². The Morgan fingerprint density at radius 2 is 2.26 bits per heavy atom.